The van der Waals surface area contributed by atoms with E-state index in [2.05, 4.69) is 85.1 Å². The van der Waals surface area contributed by atoms with Crippen molar-refractivity contribution in [1.29, 1.82) is 0 Å². The average molecular weight is 567 g/mol. The van der Waals surface area contributed by atoms with E-state index in [9.17, 15) is 0 Å². The van der Waals surface area contributed by atoms with Gasteiger partial charge in [0, 0.05) is 29.0 Å². The second-order valence-electron chi connectivity index (χ2n) is 11.9. The Kier molecular flexibility index (Phi) is 14.0. The van der Waals surface area contributed by atoms with Crippen LogP contribution in [0.4, 0.5) is 5.69 Å². The van der Waals surface area contributed by atoms with Gasteiger partial charge in [0.2, 0.25) is 0 Å². The van der Waals surface area contributed by atoms with Gasteiger partial charge in [0.25, 0.3) is 0 Å². The first-order chi connectivity index (χ1) is 20.8. The summed E-state index contributed by atoms with van der Waals surface area (Å²) in [6, 6.07) is 23.4. The Labute approximate surface area is 255 Å². The lowest BCUT2D eigenvalue weighted by atomic mass is 10.0. The Morgan fingerprint density at radius 3 is 1.79 bits per heavy atom. The van der Waals surface area contributed by atoms with E-state index in [0.717, 1.165) is 36.6 Å². The number of aryl methyl sites for hydroxylation is 1. The van der Waals surface area contributed by atoms with E-state index in [-0.39, 0.29) is 0 Å². The molecule has 0 amide bonds. The standard InChI is InChI=1S/C39H54N2O/c1-3-5-6-7-8-9-10-11-12-13-14-15-16-17-18-21-30-42-35-27-24-33(25-28-35)32-40-34-26-29-37-36-22-19-20-23-38(36)41(4-2)39(37)31-34/h19-20,22-29,31-32H,3-18,21,30H2,1-2H3. The molecular formula is C39H54N2O. The van der Waals surface area contributed by atoms with Gasteiger partial charge in [-0.1, -0.05) is 128 Å². The van der Waals surface area contributed by atoms with Gasteiger partial charge in [0.15, 0.2) is 0 Å². The van der Waals surface area contributed by atoms with E-state index >= 15 is 0 Å². The lowest BCUT2D eigenvalue weighted by Crippen LogP contribution is -1.97. The summed E-state index contributed by atoms with van der Waals surface area (Å²) in [5.41, 5.74) is 4.59. The summed E-state index contributed by atoms with van der Waals surface area (Å²) in [4.78, 5) is 4.77. The van der Waals surface area contributed by atoms with E-state index in [1.54, 1.807) is 0 Å². The van der Waals surface area contributed by atoms with Gasteiger partial charge in [0.05, 0.1) is 17.8 Å². The largest absolute Gasteiger partial charge is 0.494 e. The fourth-order valence-corrected chi connectivity index (χ4v) is 6.10. The second-order valence-corrected chi connectivity index (χ2v) is 11.9. The maximum absolute atomic E-state index is 6.00. The molecular weight excluding hydrogens is 512 g/mol. The molecule has 0 aliphatic heterocycles. The molecule has 42 heavy (non-hydrogen) atoms. The van der Waals surface area contributed by atoms with Gasteiger partial charge in [-0.05, 0) is 61.4 Å². The molecule has 1 aromatic heterocycles. The molecule has 0 unspecified atom stereocenters. The molecule has 0 atom stereocenters. The van der Waals surface area contributed by atoms with Gasteiger partial charge >= 0.3 is 0 Å². The van der Waals surface area contributed by atoms with E-state index < -0.39 is 0 Å². The first-order valence-electron chi connectivity index (χ1n) is 17.1. The van der Waals surface area contributed by atoms with E-state index in [0.29, 0.717) is 0 Å². The van der Waals surface area contributed by atoms with Gasteiger partial charge in [-0.2, -0.15) is 0 Å². The Morgan fingerprint density at radius 1 is 0.595 bits per heavy atom. The summed E-state index contributed by atoms with van der Waals surface area (Å²) >= 11 is 0. The summed E-state index contributed by atoms with van der Waals surface area (Å²) in [6.45, 7) is 6.24. The van der Waals surface area contributed by atoms with Crippen LogP contribution in [-0.4, -0.2) is 17.4 Å². The van der Waals surface area contributed by atoms with E-state index in [4.69, 9.17) is 9.73 Å². The number of benzene rings is 3. The Morgan fingerprint density at radius 2 is 1.17 bits per heavy atom. The zero-order valence-corrected chi connectivity index (χ0v) is 26.5. The molecule has 3 heteroatoms. The third-order valence-corrected chi connectivity index (χ3v) is 8.58. The topological polar surface area (TPSA) is 26.5 Å². The normalized spacial score (nSPS) is 11.8. The van der Waals surface area contributed by atoms with Crippen LogP contribution in [0.5, 0.6) is 5.75 Å². The number of ether oxygens (including phenoxy) is 1. The molecule has 4 aromatic rings. The minimum atomic E-state index is 0.803. The highest BCUT2D eigenvalue weighted by Crippen LogP contribution is 2.31. The molecule has 0 N–H and O–H groups in total. The summed E-state index contributed by atoms with van der Waals surface area (Å²) in [5, 5.41) is 2.59. The molecule has 0 aliphatic carbocycles. The molecule has 0 spiro atoms. The van der Waals surface area contributed by atoms with Crippen LogP contribution in [0.25, 0.3) is 21.8 Å². The third kappa shape index (κ3) is 10.0. The van der Waals surface area contributed by atoms with Gasteiger partial charge in [-0.15, -0.1) is 0 Å². The number of para-hydroxylation sites is 1. The van der Waals surface area contributed by atoms with Gasteiger partial charge in [-0.3, -0.25) is 4.99 Å². The van der Waals surface area contributed by atoms with Crippen LogP contribution in [0, 0.1) is 0 Å². The number of aromatic nitrogens is 1. The molecule has 226 valence electrons. The van der Waals surface area contributed by atoms with Crippen LogP contribution in [0.1, 0.15) is 122 Å². The van der Waals surface area contributed by atoms with E-state index in [1.807, 2.05) is 6.21 Å². The van der Waals surface area contributed by atoms with Crippen molar-refractivity contribution in [3.05, 3.63) is 72.3 Å². The summed E-state index contributed by atoms with van der Waals surface area (Å²) in [6.07, 6.45) is 24.2. The van der Waals surface area contributed by atoms with Crippen molar-refractivity contribution in [2.75, 3.05) is 6.61 Å². The smallest absolute Gasteiger partial charge is 0.119 e. The molecule has 0 fully saturated rings. The Bertz CT molecular complexity index is 1330. The molecule has 0 aliphatic rings. The SMILES string of the molecule is CCCCCCCCCCCCCCCCCCOc1ccc(C=Nc2ccc3c4ccccc4n(CC)c3c2)cc1. The fraction of sp³-hybridized carbons (Fsp3) is 0.513. The van der Waals surface area contributed by atoms with Crippen molar-refractivity contribution in [2.24, 2.45) is 4.99 Å². The predicted octanol–water partition coefficient (Wildman–Crippen LogP) is 12.2. The van der Waals surface area contributed by atoms with Crippen molar-refractivity contribution in [2.45, 2.75) is 123 Å². The molecule has 0 saturated heterocycles. The number of unbranched alkanes of at least 4 members (excludes halogenated alkanes) is 15. The fourth-order valence-electron chi connectivity index (χ4n) is 6.10. The van der Waals surface area contributed by atoms with Crippen LogP contribution in [-0.2, 0) is 6.54 Å². The van der Waals surface area contributed by atoms with Crippen LogP contribution in [0.2, 0.25) is 0 Å². The zero-order valence-electron chi connectivity index (χ0n) is 26.5. The highest BCUT2D eigenvalue weighted by atomic mass is 16.5. The molecule has 4 rings (SSSR count). The average Bonchev–Trinajstić information content (AvgIpc) is 3.35. The lowest BCUT2D eigenvalue weighted by Gasteiger charge is -2.07. The highest BCUT2D eigenvalue weighted by Gasteiger charge is 2.09. The van der Waals surface area contributed by atoms with Crippen molar-refractivity contribution in [1.82, 2.24) is 4.57 Å². The maximum atomic E-state index is 6.00. The molecule has 0 saturated carbocycles. The van der Waals surface area contributed by atoms with Crippen molar-refractivity contribution in [3.63, 3.8) is 0 Å². The van der Waals surface area contributed by atoms with Crippen LogP contribution >= 0.6 is 0 Å². The predicted molar refractivity (Wildman–Crippen MR) is 184 cm³/mol. The minimum Gasteiger partial charge on any atom is -0.494 e. The zero-order chi connectivity index (χ0) is 29.2. The Hall–Kier alpha value is -3.07. The quantitative estimate of drug-likeness (QED) is 0.0727. The van der Waals surface area contributed by atoms with Crippen molar-refractivity contribution < 1.29 is 4.74 Å². The number of hydrogen-bond acceptors (Lipinski definition) is 2. The number of hydrogen-bond donors (Lipinski definition) is 0. The number of aliphatic imine (C=N–C) groups is 1. The van der Waals surface area contributed by atoms with E-state index in [1.165, 1.54) is 118 Å². The maximum Gasteiger partial charge on any atom is 0.119 e. The molecule has 3 nitrogen and oxygen atoms in total. The van der Waals surface area contributed by atoms with Crippen LogP contribution in [0.3, 0.4) is 0 Å². The van der Waals surface area contributed by atoms with Crippen molar-refractivity contribution >= 4 is 33.7 Å². The number of nitrogens with zero attached hydrogens (tertiary/aromatic N) is 2. The van der Waals surface area contributed by atoms with Gasteiger partial charge in [-0.25, -0.2) is 0 Å². The minimum absolute atomic E-state index is 0.803. The molecule has 1 heterocycles. The Balaban J connectivity index is 1.06. The summed E-state index contributed by atoms with van der Waals surface area (Å²) in [7, 11) is 0. The number of rotatable bonds is 21. The first-order valence-corrected chi connectivity index (χ1v) is 17.1. The van der Waals surface area contributed by atoms with Crippen LogP contribution in [0.15, 0.2) is 71.7 Å². The highest BCUT2D eigenvalue weighted by molar-refractivity contribution is 6.08. The van der Waals surface area contributed by atoms with Crippen LogP contribution < -0.4 is 4.74 Å². The molecule has 0 radical (unpaired) electrons. The summed E-state index contributed by atoms with van der Waals surface area (Å²) < 4.78 is 8.37. The van der Waals surface area contributed by atoms with Crippen molar-refractivity contribution in [3.8, 4) is 5.75 Å². The summed E-state index contributed by atoms with van der Waals surface area (Å²) in [5.74, 6) is 0.946. The number of fused-ring (bicyclic) bond motifs is 3. The monoisotopic (exact) mass is 566 g/mol. The molecule has 3 aromatic carbocycles. The second kappa shape index (κ2) is 18.5. The molecule has 0 bridgehead atoms. The first kappa shape index (κ1) is 31.9. The third-order valence-electron chi connectivity index (χ3n) is 8.58. The lowest BCUT2D eigenvalue weighted by molar-refractivity contribution is 0.304. The van der Waals surface area contributed by atoms with Gasteiger partial charge < -0.3 is 9.30 Å². The van der Waals surface area contributed by atoms with Gasteiger partial charge in [0.1, 0.15) is 5.75 Å².